The van der Waals surface area contributed by atoms with E-state index >= 15 is 0 Å². The van der Waals surface area contributed by atoms with Crippen molar-refractivity contribution in [3.63, 3.8) is 0 Å². The quantitative estimate of drug-likeness (QED) is 0.828. The van der Waals surface area contributed by atoms with E-state index in [1.165, 1.54) is 18.2 Å². The third-order valence-corrected chi connectivity index (χ3v) is 5.21. The van der Waals surface area contributed by atoms with Crippen molar-refractivity contribution >= 4 is 11.8 Å². The number of hydrogen-bond donors (Lipinski definition) is 2. The molecule has 0 aliphatic heterocycles. The molecule has 0 amide bonds. The lowest BCUT2D eigenvalue weighted by Gasteiger charge is -2.31. The molecule has 5 nitrogen and oxygen atoms in total. The Morgan fingerprint density at radius 1 is 1.23 bits per heavy atom. The minimum absolute atomic E-state index is 0.552. The maximum Gasteiger partial charge on any atom is 0.208 e. The molecule has 0 saturated heterocycles. The Hall–Kier alpha value is -1.53. The summed E-state index contributed by atoms with van der Waals surface area (Å²) in [7, 11) is 1.65. The van der Waals surface area contributed by atoms with Crippen molar-refractivity contribution < 1.29 is 9.84 Å². The Morgan fingerprint density at radius 3 is 2.64 bits per heavy atom. The largest absolute Gasteiger partial charge is 0.497 e. The molecule has 3 rings (SSSR count). The minimum Gasteiger partial charge on any atom is -0.497 e. The van der Waals surface area contributed by atoms with E-state index in [0.29, 0.717) is 10.9 Å². The van der Waals surface area contributed by atoms with Crippen molar-refractivity contribution in [1.82, 2.24) is 15.2 Å². The molecule has 2 N–H and O–H groups in total. The first kappa shape index (κ1) is 15.4. The zero-order chi connectivity index (χ0) is 15.4. The number of benzene rings is 1. The molecule has 1 aliphatic rings. The summed E-state index contributed by atoms with van der Waals surface area (Å²) in [6.45, 7) is 0. The maximum atomic E-state index is 10.5. The van der Waals surface area contributed by atoms with E-state index < -0.39 is 5.60 Å². The molecule has 1 aromatic heterocycles. The summed E-state index contributed by atoms with van der Waals surface area (Å²) in [5.74, 6) is 2.21. The molecule has 1 aromatic carbocycles. The predicted molar refractivity (Wildman–Crippen MR) is 87.1 cm³/mol. The molecule has 22 heavy (non-hydrogen) atoms. The van der Waals surface area contributed by atoms with Crippen molar-refractivity contribution in [3.8, 4) is 17.1 Å². The van der Waals surface area contributed by atoms with Gasteiger partial charge in [-0.2, -0.15) is 0 Å². The van der Waals surface area contributed by atoms with Crippen LogP contribution < -0.4 is 4.74 Å². The highest BCUT2D eigenvalue weighted by atomic mass is 32.2. The highest BCUT2D eigenvalue weighted by Crippen LogP contribution is 2.33. The van der Waals surface area contributed by atoms with E-state index in [2.05, 4.69) is 15.2 Å². The second kappa shape index (κ2) is 6.71. The summed E-state index contributed by atoms with van der Waals surface area (Å²) in [4.78, 5) is 4.50. The lowest BCUT2D eigenvalue weighted by atomic mass is 9.86. The molecule has 0 bridgehead atoms. The second-order valence-corrected chi connectivity index (χ2v) is 6.71. The number of nitrogens with zero attached hydrogens (tertiary/aromatic N) is 2. The van der Waals surface area contributed by atoms with Gasteiger partial charge in [-0.05, 0) is 37.1 Å². The smallest absolute Gasteiger partial charge is 0.208 e. The van der Waals surface area contributed by atoms with Gasteiger partial charge in [-0.3, -0.25) is 5.10 Å². The van der Waals surface area contributed by atoms with Crippen molar-refractivity contribution in [2.24, 2.45) is 0 Å². The average molecular weight is 319 g/mol. The van der Waals surface area contributed by atoms with Gasteiger partial charge in [0, 0.05) is 11.3 Å². The molecule has 2 aromatic rings. The summed E-state index contributed by atoms with van der Waals surface area (Å²) in [6.07, 6.45) is 5.23. The molecule has 1 aliphatic carbocycles. The van der Waals surface area contributed by atoms with Gasteiger partial charge in [0.1, 0.15) is 5.75 Å². The Kier molecular flexibility index (Phi) is 4.69. The van der Waals surface area contributed by atoms with Crippen LogP contribution in [-0.4, -0.2) is 38.8 Å². The number of ether oxygens (including phenoxy) is 1. The summed E-state index contributed by atoms with van der Waals surface area (Å²) in [5.41, 5.74) is 0.417. The Bertz CT molecular complexity index is 606. The number of thioether (sulfide) groups is 1. The molecule has 1 heterocycles. The van der Waals surface area contributed by atoms with Crippen LogP contribution in [0.1, 0.15) is 32.1 Å². The molecule has 0 radical (unpaired) electrons. The monoisotopic (exact) mass is 319 g/mol. The molecule has 6 heteroatoms. The number of aromatic amines is 1. The highest BCUT2D eigenvalue weighted by Gasteiger charge is 2.29. The predicted octanol–water partition coefficient (Wildman–Crippen LogP) is 3.27. The van der Waals surface area contributed by atoms with Gasteiger partial charge < -0.3 is 9.84 Å². The van der Waals surface area contributed by atoms with E-state index in [-0.39, 0.29) is 0 Å². The van der Waals surface area contributed by atoms with Gasteiger partial charge in [0.05, 0.1) is 12.7 Å². The van der Waals surface area contributed by atoms with E-state index in [1.807, 2.05) is 24.3 Å². The van der Waals surface area contributed by atoms with E-state index in [9.17, 15) is 5.11 Å². The summed E-state index contributed by atoms with van der Waals surface area (Å²) < 4.78 is 5.15. The summed E-state index contributed by atoms with van der Waals surface area (Å²) in [5, 5.41) is 18.4. The SMILES string of the molecule is COc1ccc(-c2nc(SCC3(O)CCCCC3)n[nH]2)cc1. The molecule has 118 valence electrons. The average Bonchev–Trinajstić information content (AvgIpc) is 3.03. The fourth-order valence-corrected chi connectivity index (χ4v) is 3.69. The van der Waals surface area contributed by atoms with Crippen LogP contribution in [0.5, 0.6) is 5.75 Å². The Labute approximate surface area is 134 Å². The van der Waals surface area contributed by atoms with Gasteiger partial charge >= 0.3 is 0 Å². The number of rotatable bonds is 5. The third kappa shape index (κ3) is 3.62. The van der Waals surface area contributed by atoms with Gasteiger partial charge in [-0.15, -0.1) is 5.10 Å². The van der Waals surface area contributed by atoms with Crippen LogP contribution in [0.3, 0.4) is 0 Å². The number of aliphatic hydroxyl groups is 1. The van der Waals surface area contributed by atoms with Crippen LogP contribution in [0.2, 0.25) is 0 Å². The Balaban J connectivity index is 1.63. The number of hydrogen-bond acceptors (Lipinski definition) is 5. The molecule has 0 unspecified atom stereocenters. The first-order valence-corrected chi connectivity index (χ1v) is 8.59. The first-order chi connectivity index (χ1) is 10.7. The highest BCUT2D eigenvalue weighted by molar-refractivity contribution is 7.99. The van der Waals surface area contributed by atoms with Crippen LogP contribution in [0.4, 0.5) is 0 Å². The molecular formula is C16H21N3O2S. The van der Waals surface area contributed by atoms with Crippen molar-refractivity contribution in [1.29, 1.82) is 0 Å². The lowest BCUT2D eigenvalue weighted by molar-refractivity contribution is 0.0272. The number of nitrogens with one attached hydrogen (secondary N) is 1. The van der Waals surface area contributed by atoms with Crippen LogP contribution in [0, 0.1) is 0 Å². The van der Waals surface area contributed by atoms with Gasteiger partial charge in [-0.25, -0.2) is 4.98 Å². The number of aromatic nitrogens is 3. The van der Waals surface area contributed by atoms with Crippen molar-refractivity contribution in [2.75, 3.05) is 12.9 Å². The van der Waals surface area contributed by atoms with Gasteiger partial charge in [0.2, 0.25) is 5.16 Å². The van der Waals surface area contributed by atoms with Crippen LogP contribution in [-0.2, 0) is 0 Å². The van der Waals surface area contributed by atoms with E-state index in [0.717, 1.165) is 42.8 Å². The van der Waals surface area contributed by atoms with Gasteiger partial charge in [-0.1, -0.05) is 31.0 Å². The normalized spacial score (nSPS) is 17.4. The van der Waals surface area contributed by atoms with Crippen molar-refractivity contribution in [3.05, 3.63) is 24.3 Å². The lowest BCUT2D eigenvalue weighted by Crippen LogP contribution is -2.34. The minimum atomic E-state index is -0.552. The van der Waals surface area contributed by atoms with Gasteiger partial charge in [0.25, 0.3) is 0 Å². The molecule has 0 spiro atoms. The molecule has 0 atom stereocenters. The number of methoxy groups -OCH3 is 1. The fraction of sp³-hybridized carbons (Fsp3) is 0.500. The van der Waals surface area contributed by atoms with E-state index in [1.54, 1.807) is 7.11 Å². The molecule has 1 fully saturated rings. The maximum absolute atomic E-state index is 10.5. The first-order valence-electron chi connectivity index (χ1n) is 7.61. The molecular weight excluding hydrogens is 298 g/mol. The standard InChI is InChI=1S/C16H21N3O2S/c1-21-13-7-5-12(6-8-13)14-17-15(19-18-14)22-11-16(20)9-3-2-4-10-16/h5-8,20H,2-4,9-11H2,1H3,(H,17,18,19). The molecule has 1 saturated carbocycles. The zero-order valence-corrected chi connectivity index (χ0v) is 13.5. The summed E-state index contributed by atoms with van der Waals surface area (Å²) in [6, 6.07) is 7.69. The topological polar surface area (TPSA) is 71.0 Å². The van der Waals surface area contributed by atoms with Crippen molar-refractivity contribution in [2.45, 2.75) is 42.9 Å². The Morgan fingerprint density at radius 2 is 1.95 bits per heavy atom. The van der Waals surface area contributed by atoms with Crippen LogP contribution in [0.15, 0.2) is 29.4 Å². The van der Waals surface area contributed by atoms with E-state index in [4.69, 9.17) is 4.74 Å². The van der Waals surface area contributed by atoms with Crippen LogP contribution >= 0.6 is 11.8 Å². The fourth-order valence-electron chi connectivity index (χ4n) is 2.74. The van der Waals surface area contributed by atoms with Crippen LogP contribution in [0.25, 0.3) is 11.4 Å². The second-order valence-electron chi connectivity index (χ2n) is 5.77. The third-order valence-electron chi connectivity index (χ3n) is 4.08. The number of H-pyrrole nitrogens is 1. The zero-order valence-electron chi connectivity index (χ0n) is 12.7. The van der Waals surface area contributed by atoms with Gasteiger partial charge in [0.15, 0.2) is 5.82 Å². The summed E-state index contributed by atoms with van der Waals surface area (Å²) >= 11 is 1.52.